The summed E-state index contributed by atoms with van der Waals surface area (Å²) in [4.78, 5) is 33.2. The van der Waals surface area contributed by atoms with Crippen LogP contribution in [0.25, 0.3) is 5.65 Å². The number of carbonyl (C=O) groups excluding carboxylic acids is 2. The van der Waals surface area contributed by atoms with Crippen molar-refractivity contribution in [2.24, 2.45) is 0 Å². The highest BCUT2D eigenvalue weighted by Crippen LogP contribution is 2.27. The SMILES string of the molecule is Cc1ccc2nc(CN3C(=O)[C@@H]4CCCN4C(=O)[C@@H]3C)cn2c1. The number of rotatable bonds is 2. The van der Waals surface area contributed by atoms with Crippen LogP contribution < -0.4 is 0 Å². The highest BCUT2D eigenvalue weighted by Gasteiger charge is 2.45. The largest absolute Gasteiger partial charge is 0.329 e. The lowest BCUT2D eigenvalue weighted by molar-refractivity contribution is -0.159. The van der Waals surface area contributed by atoms with Crippen LogP contribution in [-0.2, 0) is 16.1 Å². The average molecular weight is 312 g/mol. The van der Waals surface area contributed by atoms with Gasteiger partial charge in [-0.3, -0.25) is 9.59 Å². The van der Waals surface area contributed by atoms with E-state index in [1.807, 2.05) is 42.8 Å². The number of pyridine rings is 1. The minimum atomic E-state index is -0.414. The Morgan fingerprint density at radius 1 is 1.22 bits per heavy atom. The monoisotopic (exact) mass is 312 g/mol. The molecule has 2 amide bonds. The Hall–Kier alpha value is -2.37. The number of fused-ring (bicyclic) bond motifs is 2. The van der Waals surface area contributed by atoms with E-state index in [9.17, 15) is 9.59 Å². The second kappa shape index (κ2) is 5.08. The molecule has 0 spiro atoms. The quantitative estimate of drug-likeness (QED) is 0.841. The summed E-state index contributed by atoms with van der Waals surface area (Å²) in [6, 6.07) is 3.30. The Labute approximate surface area is 134 Å². The van der Waals surface area contributed by atoms with Gasteiger partial charge in [0.05, 0.1) is 12.2 Å². The molecule has 4 heterocycles. The maximum absolute atomic E-state index is 12.7. The molecule has 6 heteroatoms. The molecule has 2 aromatic heterocycles. The molecule has 2 aliphatic rings. The zero-order valence-corrected chi connectivity index (χ0v) is 13.4. The Morgan fingerprint density at radius 2 is 2.04 bits per heavy atom. The zero-order valence-electron chi connectivity index (χ0n) is 13.4. The smallest absolute Gasteiger partial charge is 0.246 e. The first-order chi connectivity index (χ1) is 11.0. The molecule has 23 heavy (non-hydrogen) atoms. The number of hydrogen-bond donors (Lipinski definition) is 0. The van der Waals surface area contributed by atoms with E-state index < -0.39 is 6.04 Å². The molecule has 0 saturated carbocycles. The van der Waals surface area contributed by atoms with Gasteiger partial charge in [0.25, 0.3) is 0 Å². The Kier molecular flexibility index (Phi) is 3.14. The van der Waals surface area contributed by atoms with Gasteiger partial charge < -0.3 is 14.2 Å². The van der Waals surface area contributed by atoms with Crippen LogP contribution in [0.1, 0.15) is 31.0 Å². The second-order valence-corrected chi connectivity index (χ2v) is 6.54. The van der Waals surface area contributed by atoms with Crippen LogP contribution in [-0.4, -0.2) is 49.6 Å². The predicted molar refractivity (Wildman–Crippen MR) is 84.7 cm³/mol. The fraction of sp³-hybridized carbons (Fsp3) is 0.471. The number of aromatic nitrogens is 2. The van der Waals surface area contributed by atoms with Crippen molar-refractivity contribution in [3.63, 3.8) is 0 Å². The van der Waals surface area contributed by atoms with Crippen molar-refractivity contribution in [1.29, 1.82) is 0 Å². The average Bonchev–Trinajstić information content (AvgIpc) is 3.15. The van der Waals surface area contributed by atoms with Crippen LogP contribution in [0.5, 0.6) is 0 Å². The molecule has 0 radical (unpaired) electrons. The fourth-order valence-electron chi connectivity index (χ4n) is 3.66. The Morgan fingerprint density at radius 3 is 2.87 bits per heavy atom. The van der Waals surface area contributed by atoms with Crippen molar-refractivity contribution in [1.82, 2.24) is 19.2 Å². The van der Waals surface area contributed by atoms with Crippen LogP contribution in [0, 0.1) is 6.92 Å². The van der Waals surface area contributed by atoms with Gasteiger partial charge in [0, 0.05) is 18.9 Å². The van der Waals surface area contributed by atoms with Gasteiger partial charge in [-0.05, 0) is 38.3 Å². The maximum atomic E-state index is 12.7. The van der Waals surface area contributed by atoms with Gasteiger partial charge in [0.1, 0.15) is 17.7 Å². The molecule has 0 aliphatic carbocycles. The summed E-state index contributed by atoms with van der Waals surface area (Å²) in [7, 11) is 0. The van der Waals surface area contributed by atoms with E-state index in [1.165, 1.54) is 0 Å². The van der Waals surface area contributed by atoms with Crippen molar-refractivity contribution in [3.8, 4) is 0 Å². The van der Waals surface area contributed by atoms with Gasteiger partial charge in [0.15, 0.2) is 0 Å². The van der Waals surface area contributed by atoms with E-state index in [1.54, 1.807) is 9.80 Å². The molecule has 120 valence electrons. The highest BCUT2D eigenvalue weighted by molar-refractivity contribution is 5.97. The summed E-state index contributed by atoms with van der Waals surface area (Å²) >= 11 is 0. The third kappa shape index (κ3) is 2.20. The van der Waals surface area contributed by atoms with Crippen molar-refractivity contribution in [3.05, 3.63) is 35.8 Å². The molecule has 0 unspecified atom stereocenters. The molecule has 2 saturated heterocycles. The van der Waals surface area contributed by atoms with E-state index >= 15 is 0 Å². The van der Waals surface area contributed by atoms with E-state index in [-0.39, 0.29) is 17.9 Å². The van der Waals surface area contributed by atoms with Gasteiger partial charge in [-0.2, -0.15) is 0 Å². The summed E-state index contributed by atoms with van der Waals surface area (Å²) in [6.07, 6.45) is 5.64. The maximum Gasteiger partial charge on any atom is 0.246 e. The standard InChI is InChI=1S/C17H20N4O2/c1-11-5-6-15-18-13(9-19(15)8-11)10-21-12(2)16(22)20-7-3-4-14(20)17(21)23/h5-6,8-9,12,14H,3-4,7,10H2,1-2H3/t12-,14-/m0/s1. The summed E-state index contributed by atoms with van der Waals surface area (Å²) < 4.78 is 1.97. The zero-order chi connectivity index (χ0) is 16.1. The highest BCUT2D eigenvalue weighted by atomic mass is 16.2. The van der Waals surface area contributed by atoms with Crippen LogP contribution in [0.3, 0.4) is 0 Å². The van der Waals surface area contributed by atoms with E-state index in [0.717, 1.165) is 29.7 Å². The molecular formula is C17H20N4O2. The molecule has 2 fully saturated rings. The first-order valence-corrected chi connectivity index (χ1v) is 8.10. The third-order valence-electron chi connectivity index (χ3n) is 4.91. The predicted octanol–water partition coefficient (Wildman–Crippen LogP) is 1.36. The number of aryl methyl sites for hydroxylation is 1. The number of carbonyl (C=O) groups is 2. The summed E-state index contributed by atoms with van der Waals surface area (Å²) in [6.45, 7) is 4.94. The number of amides is 2. The Bertz CT molecular complexity index is 797. The molecule has 2 aromatic rings. The first-order valence-electron chi connectivity index (χ1n) is 8.10. The molecule has 0 N–H and O–H groups in total. The van der Waals surface area contributed by atoms with Crippen molar-refractivity contribution in [2.75, 3.05) is 6.54 Å². The van der Waals surface area contributed by atoms with Crippen molar-refractivity contribution >= 4 is 17.5 Å². The van der Waals surface area contributed by atoms with E-state index in [4.69, 9.17) is 0 Å². The number of nitrogens with zero attached hydrogens (tertiary/aromatic N) is 4. The van der Waals surface area contributed by atoms with E-state index in [2.05, 4.69) is 4.98 Å². The van der Waals surface area contributed by atoms with Crippen LogP contribution in [0.4, 0.5) is 0 Å². The van der Waals surface area contributed by atoms with Gasteiger partial charge in [-0.15, -0.1) is 0 Å². The van der Waals surface area contributed by atoms with Crippen molar-refractivity contribution in [2.45, 2.75) is 45.3 Å². The molecule has 0 aromatic carbocycles. The third-order valence-corrected chi connectivity index (χ3v) is 4.91. The lowest BCUT2D eigenvalue weighted by Crippen LogP contribution is -2.61. The molecule has 0 bridgehead atoms. The molecule has 6 nitrogen and oxygen atoms in total. The lowest BCUT2D eigenvalue weighted by Gasteiger charge is -2.40. The topological polar surface area (TPSA) is 57.9 Å². The minimum absolute atomic E-state index is 0.0582. The molecule has 4 rings (SSSR count). The normalized spacial score (nSPS) is 24.6. The minimum Gasteiger partial charge on any atom is -0.329 e. The van der Waals surface area contributed by atoms with Gasteiger partial charge in [-0.25, -0.2) is 4.98 Å². The lowest BCUT2D eigenvalue weighted by atomic mass is 10.1. The number of imidazole rings is 1. The second-order valence-electron chi connectivity index (χ2n) is 6.54. The van der Waals surface area contributed by atoms with Crippen molar-refractivity contribution < 1.29 is 9.59 Å². The molecular weight excluding hydrogens is 292 g/mol. The summed E-state index contributed by atoms with van der Waals surface area (Å²) in [5.74, 6) is 0.120. The van der Waals surface area contributed by atoms with Gasteiger partial charge in [-0.1, -0.05) is 6.07 Å². The first kappa shape index (κ1) is 14.2. The van der Waals surface area contributed by atoms with Gasteiger partial charge >= 0.3 is 0 Å². The van der Waals surface area contributed by atoms with Crippen LogP contribution in [0.15, 0.2) is 24.5 Å². The van der Waals surface area contributed by atoms with Crippen LogP contribution >= 0.6 is 0 Å². The number of hydrogen-bond acceptors (Lipinski definition) is 3. The van der Waals surface area contributed by atoms with E-state index in [0.29, 0.717) is 13.1 Å². The number of piperazine rings is 1. The molecule has 2 atom stereocenters. The van der Waals surface area contributed by atoms with Crippen LogP contribution in [0.2, 0.25) is 0 Å². The Balaban J connectivity index is 1.63. The molecule has 2 aliphatic heterocycles. The summed E-state index contributed by atoms with van der Waals surface area (Å²) in [5.41, 5.74) is 2.83. The fourth-order valence-corrected chi connectivity index (χ4v) is 3.66. The summed E-state index contributed by atoms with van der Waals surface area (Å²) in [5, 5.41) is 0. The van der Waals surface area contributed by atoms with Gasteiger partial charge in [0.2, 0.25) is 11.8 Å².